The Balaban J connectivity index is 2.40. The summed E-state index contributed by atoms with van der Waals surface area (Å²) in [5.41, 5.74) is 7.45. The number of ether oxygens (including phenoxy) is 3. The first-order valence-corrected chi connectivity index (χ1v) is 5.04. The summed E-state index contributed by atoms with van der Waals surface area (Å²) >= 11 is 0. The Hall–Kier alpha value is -1.30. The van der Waals surface area contributed by atoms with Crippen LogP contribution >= 0.6 is 0 Å². The Morgan fingerprint density at radius 3 is 2.88 bits per heavy atom. The second-order valence-corrected chi connectivity index (χ2v) is 3.60. The lowest BCUT2D eigenvalue weighted by molar-refractivity contribution is 0.162. The third-order valence-electron chi connectivity index (χ3n) is 2.53. The van der Waals surface area contributed by atoms with Crippen molar-refractivity contribution in [2.24, 2.45) is 5.73 Å². The topological polar surface area (TPSA) is 73.9 Å². The first-order chi connectivity index (χ1) is 7.77. The van der Waals surface area contributed by atoms with Gasteiger partial charge in [0.25, 0.3) is 0 Å². The van der Waals surface area contributed by atoms with Gasteiger partial charge in [0, 0.05) is 18.2 Å². The molecule has 16 heavy (non-hydrogen) atoms. The molecule has 1 unspecified atom stereocenters. The van der Waals surface area contributed by atoms with Crippen molar-refractivity contribution in [2.45, 2.75) is 12.6 Å². The fourth-order valence-corrected chi connectivity index (χ4v) is 1.73. The van der Waals surface area contributed by atoms with Crippen LogP contribution in [0.5, 0.6) is 11.5 Å². The predicted octanol–water partition coefficient (Wildman–Crippen LogP) is 0.554. The van der Waals surface area contributed by atoms with Crippen LogP contribution in [0.25, 0.3) is 0 Å². The molecule has 5 heteroatoms. The summed E-state index contributed by atoms with van der Waals surface area (Å²) in [5.74, 6) is 1.29. The standard InChI is InChI=1S/C11H15NO4/c1-14-5-7-2-3-8(9(12)4-13)11-10(7)15-6-16-11/h2-3,9,13H,4-6,12H2,1H3. The van der Waals surface area contributed by atoms with Gasteiger partial charge in [0.1, 0.15) is 0 Å². The van der Waals surface area contributed by atoms with Crippen LogP contribution in [-0.4, -0.2) is 25.6 Å². The average molecular weight is 225 g/mol. The van der Waals surface area contributed by atoms with Crippen molar-refractivity contribution in [2.75, 3.05) is 20.5 Å². The number of fused-ring (bicyclic) bond motifs is 1. The van der Waals surface area contributed by atoms with Crippen LogP contribution in [0.3, 0.4) is 0 Å². The zero-order valence-corrected chi connectivity index (χ0v) is 9.10. The average Bonchev–Trinajstić information content (AvgIpc) is 2.78. The minimum Gasteiger partial charge on any atom is -0.453 e. The van der Waals surface area contributed by atoms with Crippen LogP contribution in [0.15, 0.2) is 12.1 Å². The molecular formula is C11H15NO4. The van der Waals surface area contributed by atoms with E-state index in [4.69, 9.17) is 25.1 Å². The predicted molar refractivity (Wildman–Crippen MR) is 57.3 cm³/mol. The van der Waals surface area contributed by atoms with Crippen LogP contribution in [0.2, 0.25) is 0 Å². The van der Waals surface area contributed by atoms with Crippen LogP contribution in [0.4, 0.5) is 0 Å². The summed E-state index contributed by atoms with van der Waals surface area (Å²) in [7, 11) is 1.62. The molecule has 1 aliphatic rings. The van der Waals surface area contributed by atoms with Crippen LogP contribution < -0.4 is 15.2 Å². The first-order valence-electron chi connectivity index (χ1n) is 5.04. The van der Waals surface area contributed by atoms with Crippen molar-refractivity contribution in [3.05, 3.63) is 23.3 Å². The molecule has 1 heterocycles. The number of methoxy groups -OCH3 is 1. The smallest absolute Gasteiger partial charge is 0.231 e. The SMILES string of the molecule is COCc1ccc(C(N)CO)c2c1OCO2. The molecule has 1 atom stereocenters. The number of hydrogen-bond acceptors (Lipinski definition) is 5. The molecular weight excluding hydrogens is 210 g/mol. The van der Waals surface area contributed by atoms with E-state index in [0.29, 0.717) is 18.1 Å². The molecule has 5 nitrogen and oxygen atoms in total. The van der Waals surface area contributed by atoms with Crippen LogP contribution in [0.1, 0.15) is 17.2 Å². The van der Waals surface area contributed by atoms with Crippen molar-refractivity contribution in [1.82, 2.24) is 0 Å². The summed E-state index contributed by atoms with van der Waals surface area (Å²) in [6.45, 7) is 0.515. The number of hydrogen-bond donors (Lipinski definition) is 2. The number of benzene rings is 1. The summed E-state index contributed by atoms with van der Waals surface area (Å²) < 4.78 is 15.8. The molecule has 88 valence electrons. The van der Waals surface area contributed by atoms with Gasteiger partial charge >= 0.3 is 0 Å². The lowest BCUT2D eigenvalue weighted by Gasteiger charge is -2.13. The molecule has 1 aromatic rings. The van der Waals surface area contributed by atoms with Crippen molar-refractivity contribution < 1.29 is 19.3 Å². The van der Waals surface area contributed by atoms with E-state index < -0.39 is 6.04 Å². The molecule has 1 aliphatic heterocycles. The van der Waals surface area contributed by atoms with Crippen LogP contribution in [-0.2, 0) is 11.3 Å². The highest BCUT2D eigenvalue weighted by molar-refractivity contribution is 5.54. The Morgan fingerprint density at radius 1 is 1.44 bits per heavy atom. The molecule has 0 radical (unpaired) electrons. The van der Waals surface area contributed by atoms with E-state index in [1.54, 1.807) is 7.11 Å². The van der Waals surface area contributed by atoms with Crippen molar-refractivity contribution >= 4 is 0 Å². The Labute approximate surface area is 93.7 Å². The molecule has 3 N–H and O–H groups in total. The highest BCUT2D eigenvalue weighted by Gasteiger charge is 2.24. The van der Waals surface area contributed by atoms with E-state index in [1.165, 1.54) is 0 Å². The zero-order valence-electron chi connectivity index (χ0n) is 9.10. The highest BCUT2D eigenvalue weighted by atomic mass is 16.7. The lowest BCUT2D eigenvalue weighted by atomic mass is 10.0. The minimum atomic E-state index is -0.452. The molecule has 0 aliphatic carbocycles. The second-order valence-electron chi connectivity index (χ2n) is 3.60. The lowest BCUT2D eigenvalue weighted by Crippen LogP contribution is -2.15. The molecule has 2 rings (SSSR count). The van der Waals surface area contributed by atoms with Gasteiger partial charge in [-0.1, -0.05) is 12.1 Å². The third-order valence-corrected chi connectivity index (χ3v) is 2.53. The summed E-state index contributed by atoms with van der Waals surface area (Å²) in [4.78, 5) is 0. The molecule has 0 saturated carbocycles. The molecule has 0 amide bonds. The maximum Gasteiger partial charge on any atom is 0.231 e. The van der Waals surface area contributed by atoms with Gasteiger partial charge in [-0.15, -0.1) is 0 Å². The molecule has 0 bridgehead atoms. The number of nitrogens with two attached hydrogens (primary N) is 1. The minimum absolute atomic E-state index is 0.126. The van der Waals surface area contributed by atoms with Gasteiger partial charge in [-0.2, -0.15) is 0 Å². The van der Waals surface area contributed by atoms with Gasteiger partial charge in [0.05, 0.1) is 19.3 Å². The van der Waals surface area contributed by atoms with E-state index >= 15 is 0 Å². The molecule has 0 aromatic heterocycles. The third kappa shape index (κ3) is 1.84. The largest absolute Gasteiger partial charge is 0.453 e. The van der Waals surface area contributed by atoms with E-state index in [-0.39, 0.29) is 13.4 Å². The van der Waals surface area contributed by atoms with Gasteiger partial charge in [0.2, 0.25) is 6.79 Å². The second kappa shape index (κ2) is 4.69. The number of aliphatic hydroxyl groups is 1. The van der Waals surface area contributed by atoms with E-state index in [1.807, 2.05) is 12.1 Å². The van der Waals surface area contributed by atoms with Crippen LogP contribution in [0, 0.1) is 0 Å². The molecule has 0 fully saturated rings. The molecule has 0 spiro atoms. The van der Waals surface area contributed by atoms with Gasteiger partial charge < -0.3 is 25.1 Å². The number of rotatable bonds is 4. The van der Waals surface area contributed by atoms with Gasteiger partial charge in [0.15, 0.2) is 11.5 Å². The monoisotopic (exact) mass is 225 g/mol. The maximum atomic E-state index is 9.05. The Bertz CT molecular complexity index is 380. The van der Waals surface area contributed by atoms with E-state index in [0.717, 1.165) is 11.1 Å². The Morgan fingerprint density at radius 2 is 2.19 bits per heavy atom. The zero-order chi connectivity index (χ0) is 11.5. The van der Waals surface area contributed by atoms with Gasteiger partial charge in [-0.25, -0.2) is 0 Å². The summed E-state index contributed by atoms with van der Waals surface area (Å²) in [5, 5.41) is 9.05. The van der Waals surface area contributed by atoms with Gasteiger partial charge in [-0.05, 0) is 0 Å². The molecule has 1 aromatic carbocycles. The van der Waals surface area contributed by atoms with E-state index in [2.05, 4.69) is 0 Å². The Kier molecular flexibility index (Phi) is 3.28. The van der Waals surface area contributed by atoms with Crippen molar-refractivity contribution in [3.63, 3.8) is 0 Å². The number of aliphatic hydroxyl groups excluding tert-OH is 1. The van der Waals surface area contributed by atoms with Gasteiger partial charge in [-0.3, -0.25) is 0 Å². The summed E-state index contributed by atoms with van der Waals surface area (Å²) in [6, 6.07) is 3.26. The highest BCUT2D eigenvalue weighted by Crippen LogP contribution is 2.41. The van der Waals surface area contributed by atoms with E-state index in [9.17, 15) is 0 Å². The molecule has 0 saturated heterocycles. The fraction of sp³-hybridized carbons (Fsp3) is 0.455. The first kappa shape index (κ1) is 11.2. The quantitative estimate of drug-likeness (QED) is 0.783. The maximum absolute atomic E-state index is 9.05. The van der Waals surface area contributed by atoms with Crippen molar-refractivity contribution in [3.8, 4) is 11.5 Å². The normalized spacial score (nSPS) is 15.2. The van der Waals surface area contributed by atoms with Crippen molar-refractivity contribution in [1.29, 1.82) is 0 Å². The fourth-order valence-electron chi connectivity index (χ4n) is 1.73. The summed E-state index contributed by atoms with van der Waals surface area (Å²) in [6.07, 6.45) is 0.